The van der Waals surface area contributed by atoms with Gasteiger partial charge in [0.25, 0.3) is 11.5 Å². The van der Waals surface area contributed by atoms with E-state index in [1.54, 1.807) is 54.7 Å². The molecule has 1 heterocycles. The van der Waals surface area contributed by atoms with E-state index < -0.39 is 5.91 Å². The second-order valence-electron chi connectivity index (χ2n) is 5.22. The smallest absolute Gasteiger partial charge is 0.275 e. The molecule has 3 rings (SSSR count). The number of amides is 1. The molecule has 0 bridgehead atoms. The van der Waals surface area contributed by atoms with Crippen molar-refractivity contribution in [3.05, 3.63) is 94.4 Å². The van der Waals surface area contributed by atoms with Crippen molar-refractivity contribution >= 4 is 12.1 Å². The Bertz CT molecular complexity index is 975. The molecule has 25 heavy (non-hydrogen) atoms. The summed E-state index contributed by atoms with van der Waals surface area (Å²) in [4.78, 5) is 23.7. The number of para-hydroxylation sites is 1. The van der Waals surface area contributed by atoms with Gasteiger partial charge in [-0.15, -0.1) is 0 Å². The van der Waals surface area contributed by atoms with Gasteiger partial charge in [0.1, 0.15) is 5.75 Å². The number of carbonyl (C=O) groups excluding carboxylic acids is 1. The quantitative estimate of drug-likeness (QED) is 0.568. The highest BCUT2D eigenvalue weighted by atomic mass is 16.3. The van der Waals surface area contributed by atoms with Gasteiger partial charge in [0.2, 0.25) is 0 Å². The topological polar surface area (TPSA) is 83.7 Å². The standard InChI is InChI=1S/C19H15N3O3/c23-17-6-2-1-5-16(17)19(25)21-20-13-14-8-10-15(11-9-14)22-12-4-3-7-18(22)24/h1-13,23H,(H,21,25)/b20-13+. The SMILES string of the molecule is O=C(N/N=C/c1ccc(-n2ccccc2=O)cc1)c1ccccc1O. The number of aromatic hydroxyl groups is 1. The van der Waals surface area contributed by atoms with E-state index in [9.17, 15) is 14.7 Å². The van der Waals surface area contributed by atoms with Crippen LogP contribution in [0.4, 0.5) is 0 Å². The van der Waals surface area contributed by atoms with E-state index in [1.807, 2.05) is 0 Å². The number of hydrazone groups is 1. The van der Waals surface area contributed by atoms with Gasteiger partial charge in [-0.3, -0.25) is 14.2 Å². The summed E-state index contributed by atoms with van der Waals surface area (Å²) in [7, 11) is 0. The van der Waals surface area contributed by atoms with Crippen LogP contribution in [-0.2, 0) is 0 Å². The van der Waals surface area contributed by atoms with Gasteiger partial charge in [-0.2, -0.15) is 5.10 Å². The van der Waals surface area contributed by atoms with E-state index in [0.29, 0.717) is 0 Å². The van der Waals surface area contributed by atoms with Crippen molar-refractivity contribution in [1.82, 2.24) is 9.99 Å². The first kappa shape index (κ1) is 16.2. The van der Waals surface area contributed by atoms with Gasteiger partial charge in [0.05, 0.1) is 11.8 Å². The molecule has 0 saturated heterocycles. The third-order valence-corrected chi connectivity index (χ3v) is 3.52. The molecular weight excluding hydrogens is 318 g/mol. The highest BCUT2D eigenvalue weighted by Gasteiger charge is 2.08. The molecule has 0 aliphatic carbocycles. The van der Waals surface area contributed by atoms with Crippen LogP contribution in [0.1, 0.15) is 15.9 Å². The van der Waals surface area contributed by atoms with Crippen LogP contribution in [0.25, 0.3) is 5.69 Å². The van der Waals surface area contributed by atoms with E-state index in [4.69, 9.17) is 0 Å². The molecule has 0 atom stereocenters. The molecule has 2 N–H and O–H groups in total. The van der Waals surface area contributed by atoms with E-state index in [1.165, 1.54) is 29.0 Å². The number of phenols is 1. The molecule has 6 nitrogen and oxygen atoms in total. The molecule has 6 heteroatoms. The summed E-state index contributed by atoms with van der Waals surface area (Å²) in [6.45, 7) is 0. The summed E-state index contributed by atoms with van der Waals surface area (Å²) in [5.41, 5.74) is 3.89. The van der Waals surface area contributed by atoms with E-state index in [-0.39, 0.29) is 16.9 Å². The monoisotopic (exact) mass is 333 g/mol. The number of aromatic nitrogens is 1. The second-order valence-corrected chi connectivity index (χ2v) is 5.22. The Morgan fingerprint density at radius 1 is 1.00 bits per heavy atom. The van der Waals surface area contributed by atoms with Gasteiger partial charge in [-0.25, -0.2) is 5.43 Å². The maximum Gasteiger partial charge on any atom is 0.275 e. The lowest BCUT2D eigenvalue weighted by Gasteiger charge is -2.05. The predicted octanol–water partition coefficient (Wildman–Crippen LogP) is 2.31. The number of benzene rings is 2. The third-order valence-electron chi connectivity index (χ3n) is 3.52. The Hall–Kier alpha value is -3.67. The first-order valence-electron chi connectivity index (χ1n) is 7.55. The molecule has 2 aromatic carbocycles. The minimum absolute atomic E-state index is 0.104. The first-order valence-corrected chi connectivity index (χ1v) is 7.55. The van der Waals surface area contributed by atoms with Gasteiger partial charge in [0.15, 0.2) is 0 Å². The Balaban J connectivity index is 1.69. The zero-order valence-corrected chi connectivity index (χ0v) is 13.2. The van der Waals surface area contributed by atoms with E-state index in [2.05, 4.69) is 10.5 Å². The number of phenolic OH excluding ortho intramolecular Hbond substituents is 1. The average molecular weight is 333 g/mol. The van der Waals surface area contributed by atoms with E-state index in [0.717, 1.165) is 11.3 Å². The van der Waals surface area contributed by atoms with Gasteiger partial charge in [0, 0.05) is 18.0 Å². The van der Waals surface area contributed by atoms with Gasteiger partial charge < -0.3 is 5.11 Å². The van der Waals surface area contributed by atoms with Crippen molar-refractivity contribution in [3.63, 3.8) is 0 Å². The maximum absolute atomic E-state index is 11.9. The molecule has 0 fully saturated rings. The van der Waals surface area contributed by atoms with Crippen molar-refractivity contribution in [3.8, 4) is 11.4 Å². The van der Waals surface area contributed by atoms with Crippen molar-refractivity contribution in [2.75, 3.05) is 0 Å². The lowest BCUT2D eigenvalue weighted by Crippen LogP contribution is -2.17. The largest absolute Gasteiger partial charge is 0.507 e. The lowest BCUT2D eigenvalue weighted by molar-refractivity contribution is 0.0952. The van der Waals surface area contributed by atoms with Crippen molar-refractivity contribution in [1.29, 1.82) is 0 Å². The number of hydrogen-bond acceptors (Lipinski definition) is 4. The Morgan fingerprint density at radius 3 is 2.44 bits per heavy atom. The summed E-state index contributed by atoms with van der Waals surface area (Å²) in [5, 5.41) is 13.5. The van der Waals surface area contributed by atoms with Crippen molar-refractivity contribution in [2.24, 2.45) is 5.10 Å². The number of rotatable bonds is 4. The first-order chi connectivity index (χ1) is 12.1. The van der Waals surface area contributed by atoms with E-state index >= 15 is 0 Å². The molecule has 0 aliphatic heterocycles. The van der Waals surface area contributed by atoms with Crippen LogP contribution in [0.3, 0.4) is 0 Å². The minimum atomic E-state index is -0.498. The van der Waals surface area contributed by atoms with Gasteiger partial charge in [-0.1, -0.05) is 30.3 Å². The van der Waals surface area contributed by atoms with Crippen molar-refractivity contribution in [2.45, 2.75) is 0 Å². The summed E-state index contributed by atoms with van der Waals surface area (Å²) in [6.07, 6.45) is 3.17. The molecule has 0 saturated carbocycles. The van der Waals surface area contributed by atoms with Crippen LogP contribution in [0.2, 0.25) is 0 Å². The Morgan fingerprint density at radius 2 is 1.72 bits per heavy atom. The maximum atomic E-state index is 11.9. The van der Waals surface area contributed by atoms with Crippen LogP contribution in [-0.4, -0.2) is 21.8 Å². The zero-order chi connectivity index (χ0) is 17.6. The molecule has 1 amide bonds. The van der Waals surface area contributed by atoms with Crippen molar-refractivity contribution < 1.29 is 9.90 Å². The number of carbonyl (C=O) groups is 1. The summed E-state index contributed by atoms with van der Waals surface area (Å²) >= 11 is 0. The fourth-order valence-electron chi connectivity index (χ4n) is 2.25. The normalized spacial score (nSPS) is 10.7. The summed E-state index contributed by atoms with van der Waals surface area (Å²) in [6, 6.07) is 18.3. The predicted molar refractivity (Wildman–Crippen MR) is 95.2 cm³/mol. The molecule has 3 aromatic rings. The van der Waals surface area contributed by atoms with Crippen LogP contribution < -0.4 is 11.0 Å². The minimum Gasteiger partial charge on any atom is -0.507 e. The van der Waals surface area contributed by atoms with Gasteiger partial charge >= 0.3 is 0 Å². The number of nitrogens with one attached hydrogen (secondary N) is 1. The van der Waals surface area contributed by atoms with Gasteiger partial charge in [-0.05, 0) is 35.9 Å². The number of nitrogens with zero attached hydrogens (tertiary/aromatic N) is 2. The molecular formula is C19H15N3O3. The molecule has 0 aliphatic rings. The average Bonchev–Trinajstić information content (AvgIpc) is 2.63. The fourth-order valence-corrected chi connectivity index (χ4v) is 2.25. The lowest BCUT2D eigenvalue weighted by atomic mass is 10.2. The molecule has 1 aromatic heterocycles. The summed E-state index contributed by atoms with van der Waals surface area (Å²) < 4.78 is 1.53. The van der Waals surface area contributed by atoms with Crippen LogP contribution in [0, 0.1) is 0 Å². The summed E-state index contributed by atoms with van der Waals surface area (Å²) in [5.74, 6) is -0.602. The Labute approximate surface area is 143 Å². The van der Waals surface area contributed by atoms with Crippen LogP contribution in [0.5, 0.6) is 5.75 Å². The highest BCUT2D eigenvalue weighted by molar-refractivity contribution is 5.97. The zero-order valence-electron chi connectivity index (χ0n) is 13.2. The number of pyridine rings is 1. The molecule has 0 spiro atoms. The fraction of sp³-hybridized carbons (Fsp3) is 0. The number of hydrogen-bond donors (Lipinski definition) is 2. The van der Waals surface area contributed by atoms with Crippen LogP contribution in [0.15, 0.2) is 82.8 Å². The second kappa shape index (κ2) is 7.27. The third kappa shape index (κ3) is 3.81. The van der Waals surface area contributed by atoms with Crippen LogP contribution >= 0.6 is 0 Å². The molecule has 0 radical (unpaired) electrons. The highest BCUT2D eigenvalue weighted by Crippen LogP contribution is 2.14. The molecule has 0 unspecified atom stereocenters. The Kier molecular flexibility index (Phi) is 4.71. The molecule has 124 valence electrons.